The van der Waals surface area contributed by atoms with E-state index in [0.717, 1.165) is 38.0 Å². The smallest absolute Gasteiger partial charge is 0.223 e. The molecule has 1 atom stereocenters. The van der Waals surface area contributed by atoms with Gasteiger partial charge in [0.25, 0.3) is 0 Å². The zero-order valence-electron chi connectivity index (χ0n) is 17.1. The van der Waals surface area contributed by atoms with Gasteiger partial charge in [0.15, 0.2) is 0 Å². The maximum absolute atomic E-state index is 13.4. The van der Waals surface area contributed by atoms with E-state index in [-0.39, 0.29) is 23.9 Å². The molecule has 1 amide bonds. The number of aromatic nitrogens is 1. The molecule has 1 aromatic carbocycles. The maximum Gasteiger partial charge on any atom is 0.223 e. The molecule has 1 saturated heterocycles. The van der Waals surface area contributed by atoms with Crippen LogP contribution in [0.25, 0.3) is 0 Å². The van der Waals surface area contributed by atoms with Crippen LogP contribution in [0.3, 0.4) is 0 Å². The molecule has 0 radical (unpaired) electrons. The molecule has 4 nitrogen and oxygen atoms in total. The summed E-state index contributed by atoms with van der Waals surface area (Å²) in [6.45, 7) is 2.47. The number of rotatable bonds is 6. The van der Waals surface area contributed by atoms with Gasteiger partial charge in [-0.25, -0.2) is 0 Å². The predicted octanol–water partition coefficient (Wildman–Crippen LogP) is 4.56. The van der Waals surface area contributed by atoms with Crippen molar-refractivity contribution in [3.8, 4) is 0 Å². The average Bonchev–Trinajstić information content (AvgIpc) is 3.22. The number of benzene rings is 1. The van der Waals surface area contributed by atoms with Crippen molar-refractivity contribution in [3.63, 3.8) is 0 Å². The van der Waals surface area contributed by atoms with Crippen LogP contribution >= 0.6 is 12.4 Å². The number of halogens is 1. The molecule has 5 heteroatoms. The van der Waals surface area contributed by atoms with Crippen LogP contribution in [0.2, 0.25) is 0 Å². The molecule has 2 heterocycles. The molecule has 29 heavy (non-hydrogen) atoms. The van der Waals surface area contributed by atoms with Gasteiger partial charge in [0, 0.05) is 38.4 Å². The third-order valence-electron chi connectivity index (χ3n) is 6.61. The Labute approximate surface area is 180 Å². The van der Waals surface area contributed by atoms with Crippen molar-refractivity contribution < 1.29 is 4.79 Å². The van der Waals surface area contributed by atoms with Gasteiger partial charge in [0.05, 0.1) is 6.04 Å². The highest BCUT2D eigenvalue weighted by Gasteiger charge is 2.38. The van der Waals surface area contributed by atoms with Gasteiger partial charge in [-0.15, -0.1) is 12.4 Å². The molecule has 1 aliphatic carbocycles. The van der Waals surface area contributed by atoms with Gasteiger partial charge in [0.1, 0.15) is 0 Å². The van der Waals surface area contributed by atoms with Crippen molar-refractivity contribution in [2.24, 2.45) is 5.41 Å². The number of carbonyl (C=O) groups is 1. The van der Waals surface area contributed by atoms with Crippen molar-refractivity contribution in [3.05, 3.63) is 66.0 Å². The van der Waals surface area contributed by atoms with Gasteiger partial charge in [-0.2, -0.15) is 0 Å². The molecule has 1 aliphatic heterocycles. The van der Waals surface area contributed by atoms with Crippen molar-refractivity contribution >= 4 is 18.3 Å². The van der Waals surface area contributed by atoms with Crippen LogP contribution in [-0.4, -0.2) is 35.4 Å². The van der Waals surface area contributed by atoms with Gasteiger partial charge in [-0.1, -0.05) is 49.2 Å². The number of hydrogen-bond donors (Lipinski definition) is 1. The lowest BCUT2D eigenvalue weighted by molar-refractivity contribution is -0.137. The summed E-state index contributed by atoms with van der Waals surface area (Å²) >= 11 is 0. The fourth-order valence-corrected chi connectivity index (χ4v) is 4.99. The molecular weight excluding hydrogens is 382 g/mol. The highest BCUT2D eigenvalue weighted by Crippen LogP contribution is 2.45. The Kier molecular flexibility index (Phi) is 7.68. The second kappa shape index (κ2) is 10.2. The summed E-state index contributed by atoms with van der Waals surface area (Å²) in [6.07, 6.45) is 11.5. The number of nitrogens with zero attached hydrogens (tertiary/aromatic N) is 2. The topological polar surface area (TPSA) is 45.2 Å². The Bertz CT molecular complexity index is 762. The van der Waals surface area contributed by atoms with E-state index < -0.39 is 0 Å². The van der Waals surface area contributed by atoms with E-state index in [0.29, 0.717) is 12.3 Å². The van der Waals surface area contributed by atoms with Gasteiger partial charge in [0.2, 0.25) is 5.91 Å². The fraction of sp³-hybridized carbons (Fsp3) is 0.500. The summed E-state index contributed by atoms with van der Waals surface area (Å²) in [5.74, 6) is 0.324. The van der Waals surface area contributed by atoms with E-state index in [9.17, 15) is 4.79 Å². The second-order valence-electron chi connectivity index (χ2n) is 8.46. The van der Waals surface area contributed by atoms with E-state index in [1.165, 1.54) is 31.2 Å². The SMILES string of the molecule is Cl.O=C(CC1(CCc2ccccc2)CCCC1)N1CCNCC1c1cccnc1. The lowest BCUT2D eigenvalue weighted by Gasteiger charge is -2.39. The molecule has 2 aromatic rings. The number of piperazine rings is 1. The first-order valence-electron chi connectivity index (χ1n) is 10.7. The van der Waals surface area contributed by atoms with E-state index in [1.54, 1.807) is 6.20 Å². The van der Waals surface area contributed by atoms with Crippen molar-refractivity contribution in [2.75, 3.05) is 19.6 Å². The Hall–Kier alpha value is -1.91. The van der Waals surface area contributed by atoms with Crippen LogP contribution in [0, 0.1) is 5.41 Å². The quantitative estimate of drug-likeness (QED) is 0.755. The molecule has 2 aliphatic rings. The van der Waals surface area contributed by atoms with Crippen LogP contribution < -0.4 is 5.32 Å². The lowest BCUT2D eigenvalue weighted by atomic mass is 9.77. The van der Waals surface area contributed by atoms with Crippen LogP contribution in [-0.2, 0) is 11.2 Å². The van der Waals surface area contributed by atoms with Crippen LogP contribution in [0.15, 0.2) is 54.9 Å². The molecule has 1 unspecified atom stereocenters. The van der Waals surface area contributed by atoms with E-state index >= 15 is 0 Å². The highest BCUT2D eigenvalue weighted by molar-refractivity contribution is 5.85. The zero-order valence-corrected chi connectivity index (χ0v) is 17.9. The summed E-state index contributed by atoms with van der Waals surface area (Å²) < 4.78 is 0. The largest absolute Gasteiger partial charge is 0.333 e. The summed E-state index contributed by atoms with van der Waals surface area (Å²) in [5.41, 5.74) is 2.70. The van der Waals surface area contributed by atoms with Crippen LogP contribution in [0.1, 0.15) is 55.7 Å². The molecule has 0 spiro atoms. The molecule has 0 bridgehead atoms. The molecule has 1 saturated carbocycles. The van der Waals surface area contributed by atoms with E-state index in [1.807, 2.05) is 12.3 Å². The monoisotopic (exact) mass is 413 g/mol. The number of carbonyl (C=O) groups excluding carboxylic acids is 1. The van der Waals surface area contributed by atoms with Gasteiger partial charge >= 0.3 is 0 Å². The number of hydrogen-bond acceptors (Lipinski definition) is 3. The van der Waals surface area contributed by atoms with Crippen molar-refractivity contribution in [1.29, 1.82) is 0 Å². The molecule has 156 valence electrons. The molecule has 4 rings (SSSR count). The number of pyridine rings is 1. The van der Waals surface area contributed by atoms with Crippen LogP contribution in [0.4, 0.5) is 0 Å². The number of nitrogens with one attached hydrogen (secondary N) is 1. The predicted molar refractivity (Wildman–Crippen MR) is 119 cm³/mol. The van der Waals surface area contributed by atoms with Gasteiger partial charge in [-0.05, 0) is 48.3 Å². The highest BCUT2D eigenvalue weighted by atomic mass is 35.5. The normalized spacial score (nSPS) is 20.8. The summed E-state index contributed by atoms with van der Waals surface area (Å²) in [7, 11) is 0. The van der Waals surface area contributed by atoms with E-state index in [4.69, 9.17) is 0 Å². The number of aryl methyl sites for hydroxylation is 1. The first-order chi connectivity index (χ1) is 13.8. The molecule has 1 N–H and O–H groups in total. The minimum atomic E-state index is 0. The number of amides is 1. The third-order valence-corrected chi connectivity index (χ3v) is 6.61. The van der Waals surface area contributed by atoms with Crippen molar-refractivity contribution in [1.82, 2.24) is 15.2 Å². The Morgan fingerprint density at radius 1 is 1.14 bits per heavy atom. The van der Waals surface area contributed by atoms with Crippen molar-refractivity contribution in [2.45, 2.75) is 51.0 Å². The minimum absolute atomic E-state index is 0. The molecular formula is C24H32ClN3O. The standard InChI is InChI=1S/C24H31N3O.ClH/c28-23(27-16-15-26-19-22(27)21-9-6-14-25-18-21)17-24(11-4-5-12-24)13-10-20-7-2-1-3-8-20;/h1-3,6-9,14,18,22,26H,4-5,10-13,15-17,19H2;1H. The average molecular weight is 414 g/mol. The molecule has 2 fully saturated rings. The van der Waals surface area contributed by atoms with Crippen LogP contribution in [0.5, 0.6) is 0 Å². The summed E-state index contributed by atoms with van der Waals surface area (Å²) in [4.78, 5) is 19.8. The Morgan fingerprint density at radius 3 is 2.66 bits per heavy atom. The van der Waals surface area contributed by atoms with Gasteiger partial charge < -0.3 is 10.2 Å². The van der Waals surface area contributed by atoms with E-state index in [2.05, 4.69) is 51.6 Å². The lowest BCUT2D eigenvalue weighted by Crippen LogP contribution is -2.49. The zero-order chi connectivity index (χ0) is 19.2. The molecule has 1 aromatic heterocycles. The third kappa shape index (κ3) is 5.37. The first kappa shape index (κ1) is 21.8. The Balaban J connectivity index is 0.00000240. The summed E-state index contributed by atoms with van der Waals surface area (Å²) in [5, 5.41) is 3.45. The fourth-order valence-electron chi connectivity index (χ4n) is 4.99. The minimum Gasteiger partial charge on any atom is -0.333 e. The first-order valence-corrected chi connectivity index (χ1v) is 10.7. The second-order valence-corrected chi connectivity index (χ2v) is 8.46. The van der Waals surface area contributed by atoms with Gasteiger partial charge in [-0.3, -0.25) is 9.78 Å². The Morgan fingerprint density at radius 2 is 1.93 bits per heavy atom. The maximum atomic E-state index is 13.4. The summed E-state index contributed by atoms with van der Waals surface area (Å²) in [6, 6.07) is 14.9.